The summed E-state index contributed by atoms with van der Waals surface area (Å²) >= 11 is 0. The van der Waals surface area contributed by atoms with Crippen LogP contribution in [0, 0.1) is 0 Å². The van der Waals surface area contributed by atoms with Crippen LogP contribution < -0.4 is 9.47 Å². The molecule has 2 aromatic rings. The second kappa shape index (κ2) is 9.94. The fourth-order valence-corrected chi connectivity index (χ4v) is 3.71. The van der Waals surface area contributed by atoms with Gasteiger partial charge >= 0.3 is 11.9 Å². The Labute approximate surface area is 194 Å². The van der Waals surface area contributed by atoms with Crippen molar-refractivity contribution in [3.8, 4) is 22.6 Å². The summed E-state index contributed by atoms with van der Waals surface area (Å²) in [6, 6.07) is 12.0. The van der Waals surface area contributed by atoms with E-state index in [1.165, 1.54) is 0 Å². The lowest BCUT2D eigenvalue weighted by atomic mass is 9.82. The third-order valence-corrected chi connectivity index (χ3v) is 5.49. The lowest BCUT2D eigenvalue weighted by Gasteiger charge is -2.22. The minimum atomic E-state index is -0.420. The monoisotopic (exact) mass is 450 g/mol. The van der Waals surface area contributed by atoms with Gasteiger partial charge in [-0.3, -0.25) is 0 Å². The number of ether oxygens (including phenoxy) is 4. The number of rotatable bonds is 10. The van der Waals surface area contributed by atoms with E-state index in [4.69, 9.17) is 18.9 Å². The standard InChI is InChI=1S/C27H30O6/c1-17(2)25(28)32-13-11-30-19-7-9-21-22-10-8-20(31-12-14-33-26(29)18(3)4)16-24(22)27(5,6)23(21)15-19/h7-10,15-16H,1,3,11-14H2,2,4-6H3. The summed E-state index contributed by atoms with van der Waals surface area (Å²) in [7, 11) is 0. The molecule has 0 atom stereocenters. The van der Waals surface area contributed by atoms with Crippen LogP contribution in [0.1, 0.15) is 38.8 Å². The van der Waals surface area contributed by atoms with Crippen molar-refractivity contribution in [3.05, 3.63) is 71.8 Å². The summed E-state index contributed by atoms with van der Waals surface area (Å²) < 4.78 is 21.8. The number of carbonyl (C=O) groups is 2. The van der Waals surface area contributed by atoms with Gasteiger partial charge in [-0.15, -0.1) is 0 Å². The zero-order valence-electron chi connectivity index (χ0n) is 19.7. The average Bonchev–Trinajstić information content (AvgIpc) is 3.00. The summed E-state index contributed by atoms with van der Waals surface area (Å²) in [5, 5.41) is 0. The van der Waals surface area contributed by atoms with Gasteiger partial charge in [0, 0.05) is 16.6 Å². The van der Waals surface area contributed by atoms with Gasteiger partial charge in [-0.2, -0.15) is 0 Å². The number of hydrogen-bond donors (Lipinski definition) is 0. The Bertz CT molecular complexity index is 1010. The third-order valence-electron chi connectivity index (χ3n) is 5.49. The van der Waals surface area contributed by atoms with Crippen LogP contribution in [0.3, 0.4) is 0 Å². The maximum atomic E-state index is 11.5. The molecule has 0 bridgehead atoms. The molecule has 2 aromatic carbocycles. The highest BCUT2D eigenvalue weighted by atomic mass is 16.6. The number of benzene rings is 2. The van der Waals surface area contributed by atoms with Crippen LogP contribution in [0.4, 0.5) is 0 Å². The molecule has 0 N–H and O–H groups in total. The Balaban J connectivity index is 1.65. The van der Waals surface area contributed by atoms with Crippen molar-refractivity contribution < 1.29 is 28.5 Å². The molecule has 1 aliphatic carbocycles. The maximum Gasteiger partial charge on any atom is 0.333 e. The van der Waals surface area contributed by atoms with E-state index in [-0.39, 0.29) is 31.8 Å². The molecule has 0 amide bonds. The molecule has 0 fully saturated rings. The lowest BCUT2D eigenvalue weighted by molar-refractivity contribution is -0.140. The molecule has 0 spiro atoms. The Morgan fingerprint density at radius 2 is 1.12 bits per heavy atom. The van der Waals surface area contributed by atoms with Crippen molar-refractivity contribution in [3.63, 3.8) is 0 Å². The Kier molecular flexibility index (Phi) is 7.26. The predicted molar refractivity (Wildman–Crippen MR) is 127 cm³/mol. The van der Waals surface area contributed by atoms with Crippen molar-refractivity contribution in [2.75, 3.05) is 26.4 Å². The Morgan fingerprint density at radius 1 is 0.727 bits per heavy atom. The van der Waals surface area contributed by atoms with Crippen LogP contribution in [0.2, 0.25) is 0 Å². The highest BCUT2D eigenvalue weighted by Crippen LogP contribution is 2.50. The quantitative estimate of drug-likeness (QED) is 0.289. The van der Waals surface area contributed by atoms with Gasteiger partial charge in [0.15, 0.2) is 0 Å². The first-order chi connectivity index (χ1) is 15.6. The van der Waals surface area contributed by atoms with Crippen molar-refractivity contribution in [2.45, 2.75) is 33.1 Å². The van der Waals surface area contributed by atoms with E-state index < -0.39 is 11.9 Å². The molecule has 0 saturated heterocycles. The summed E-state index contributed by atoms with van der Waals surface area (Å²) in [4.78, 5) is 22.9. The molecule has 0 aromatic heterocycles. The summed E-state index contributed by atoms with van der Waals surface area (Å²) in [5.41, 5.74) is 5.09. The number of hydrogen-bond acceptors (Lipinski definition) is 6. The predicted octanol–water partition coefficient (Wildman–Crippen LogP) is 4.99. The Morgan fingerprint density at radius 3 is 1.48 bits per heavy atom. The molecule has 6 nitrogen and oxygen atoms in total. The maximum absolute atomic E-state index is 11.5. The average molecular weight is 451 g/mol. The normalized spacial score (nSPS) is 12.8. The van der Waals surface area contributed by atoms with E-state index in [1.807, 2.05) is 24.3 Å². The smallest absolute Gasteiger partial charge is 0.333 e. The fourth-order valence-electron chi connectivity index (χ4n) is 3.71. The van der Waals surface area contributed by atoms with Crippen molar-refractivity contribution in [1.82, 2.24) is 0 Å². The molecule has 0 aliphatic heterocycles. The molecule has 3 rings (SSSR count). The van der Waals surface area contributed by atoms with Gasteiger partial charge in [0.2, 0.25) is 0 Å². The van der Waals surface area contributed by atoms with Crippen LogP contribution >= 0.6 is 0 Å². The van der Waals surface area contributed by atoms with E-state index in [0.717, 1.165) is 33.8 Å². The number of fused-ring (bicyclic) bond motifs is 3. The minimum Gasteiger partial charge on any atom is -0.490 e. The van der Waals surface area contributed by atoms with Crippen molar-refractivity contribution >= 4 is 11.9 Å². The zero-order chi connectivity index (χ0) is 24.2. The van der Waals surface area contributed by atoms with E-state index in [2.05, 4.69) is 39.1 Å². The minimum absolute atomic E-state index is 0.161. The van der Waals surface area contributed by atoms with Gasteiger partial charge in [0.25, 0.3) is 0 Å². The van der Waals surface area contributed by atoms with E-state index in [9.17, 15) is 9.59 Å². The summed E-state index contributed by atoms with van der Waals surface area (Å²) in [5.74, 6) is 0.598. The third kappa shape index (κ3) is 5.45. The molecule has 0 heterocycles. The van der Waals surface area contributed by atoms with Gasteiger partial charge in [0.05, 0.1) is 0 Å². The van der Waals surface area contributed by atoms with Crippen LogP contribution in [-0.2, 0) is 24.5 Å². The molecule has 0 unspecified atom stereocenters. The molecule has 33 heavy (non-hydrogen) atoms. The van der Waals surface area contributed by atoms with E-state index in [0.29, 0.717) is 11.1 Å². The molecule has 0 saturated carbocycles. The SMILES string of the molecule is C=C(C)C(=O)OCCOc1ccc2c(c1)C(C)(C)c1cc(OCCOC(=O)C(=C)C)ccc1-2. The second-order valence-electron chi connectivity index (χ2n) is 8.57. The van der Waals surface area contributed by atoms with Crippen LogP contribution in [-0.4, -0.2) is 38.4 Å². The van der Waals surface area contributed by atoms with Crippen molar-refractivity contribution in [1.29, 1.82) is 0 Å². The molecule has 1 aliphatic rings. The largest absolute Gasteiger partial charge is 0.490 e. The topological polar surface area (TPSA) is 71.1 Å². The molecule has 0 radical (unpaired) electrons. The van der Waals surface area contributed by atoms with Gasteiger partial charge in [-0.25, -0.2) is 9.59 Å². The number of carbonyl (C=O) groups excluding carboxylic acids is 2. The molecule has 174 valence electrons. The number of esters is 2. The zero-order valence-corrected chi connectivity index (χ0v) is 19.7. The van der Waals surface area contributed by atoms with Crippen LogP contribution in [0.15, 0.2) is 60.7 Å². The first-order valence-corrected chi connectivity index (χ1v) is 10.8. The van der Waals surface area contributed by atoms with Gasteiger partial charge in [0.1, 0.15) is 37.9 Å². The van der Waals surface area contributed by atoms with Gasteiger partial charge in [-0.1, -0.05) is 39.1 Å². The Hall–Kier alpha value is -3.54. The second-order valence-corrected chi connectivity index (χ2v) is 8.57. The molecular formula is C27H30O6. The fraction of sp³-hybridized carbons (Fsp3) is 0.333. The molecular weight excluding hydrogens is 420 g/mol. The first kappa shape index (κ1) is 24.1. The van der Waals surface area contributed by atoms with Crippen LogP contribution in [0.5, 0.6) is 11.5 Å². The van der Waals surface area contributed by atoms with Crippen LogP contribution in [0.25, 0.3) is 11.1 Å². The first-order valence-electron chi connectivity index (χ1n) is 10.8. The molecule has 6 heteroatoms. The summed E-state index contributed by atoms with van der Waals surface area (Å²) in [6.07, 6.45) is 0. The van der Waals surface area contributed by atoms with E-state index in [1.54, 1.807) is 13.8 Å². The highest BCUT2D eigenvalue weighted by Gasteiger charge is 2.36. The van der Waals surface area contributed by atoms with Crippen molar-refractivity contribution in [2.24, 2.45) is 0 Å². The highest BCUT2D eigenvalue weighted by molar-refractivity contribution is 5.87. The van der Waals surface area contributed by atoms with E-state index >= 15 is 0 Å². The van der Waals surface area contributed by atoms with Gasteiger partial charge in [-0.05, 0) is 60.4 Å². The van der Waals surface area contributed by atoms with Gasteiger partial charge < -0.3 is 18.9 Å². The lowest BCUT2D eigenvalue weighted by Crippen LogP contribution is -2.16. The summed E-state index contributed by atoms with van der Waals surface area (Å²) in [6.45, 7) is 15.5.